The van der Waals surface area contributed by atoms with E-state index in [1.165, 1.54) is 13.2 Å². The van der Waals surface area contributed by atoms with E-state index in [1.807, 2.05) is 0 Å². The third-order valence-electron chi connectivity index (χ3n) is 4.13. The van der Waals surface area contributed by atoms with Gasteiger partial charge in [-0.1, -0.05) is 25.8 Å². The molecule has 0 fully saturated rings. The zero-order valence-corrected chi connectivity index (χ0v) is 14.6. The van der Waals surface area contributed by atoms with E-state index in [2.05, 4.69) is 6.92 Å². The summed E-state index contributed by atoms with van der Waals surface area (Å²) in [6.07, 6.45) is 4.09. The summed E-state index contributed by atoms with van der Waals surface area (Å²) in [5.41, 5.74) is 0.860. The number of ether oxygens (including phenoxy) is 1. The first-order valence-corrected chi connectivity index (χ1v) is 8.55. The first-order chi connectivity index (χ1) is 11.5. The van der Waals surface area contributed by atoms with Crippen LogP contribution in [0.5, 0.6) is 11.5 Å². The lowest BCUT2D eigenvalue weighted by Crippen LogP contribution is -2.25. The summed E-state index contributed by atoms with van der Waals surface area (Å²) in [6, 6.07) is 4.95. The summed E-state index contributed by atoms with van der Waals surface area (Å²) in [5, 5.41) is 18.7. The Morgan fingerprint density at radius 2 is 1.88 bits per heavy atom. The van der Waals surface area contributed by atoms with Crippen LogP contribution in [0.15, 0.2) is 18.2 Å². The Bertz CT molecular complexity index is 539. The second-order valence-electron chi connectivity index (χ2n) is 5.96. The quantitative estimate of drug-likeness (QED) is 0.453. The zero-order valence-electron chi connectivity index (χ0n) is 14.6. The fraction of sp³-hybridized carbons (Fsp3) is 0.579. The van der Waals surface area contributed by atoms with Crippen molar-refractivity contribution in [3.63, 3.8) is 0 Å². The molecule has 0 aliphatic heterocycles. The molecule has 1 atom stereocenters. The lowest BCUT2D eigenvalue weighted by Gasteiger charge is -2.14. The fourth-order valence-electron chi connectivity index (χ4n) is 2.67. The van der Waals surface area contributed by atoms with Crippen molar-refractivity contribution in [2.75, 3.05) is 13.7 Å². The molecule has 24 heavy (non-hydrogen) atoms. The molecule has 0 aromatic heterocycles. The summed E-state index contributed by atoms with van der Waals surface area (Å²) < 4.78 is 5.05. The first kappa shape index (κ1) is 20.2. The van der Waals surface area contributed by atoms with Gasteiger partial charge in [-0.05, 0) is 37.0 Å². The largest absolute Gasteiger partial charge is 0.504 e. The van der Waals surface area contributed by atoms with Gasteiger partial charge in [0.1, 0.15) is 11.6 Å². The number of Topliss-reactive ketones (excluding diaryl/α,β-unsaturated/α-hetero) is 2. The molecule has 0 aliphatic rings. The highest BCUT2D eigenvalue weighted by molar-refractivity contribution is 6.02. The van der Waals surface area contributed by atoms with Crippen LogP contribution in [0.4, 0.5) is 0 Å². The van der Waals surface area contributed by atoms with Crippen LogP contribution in [0.3, 0.4) is 0 Å². The molecule has 0 aliphatic carbocycles. The van der Waals surface area contributed by atoms with Gasteiger partial charge < -0.3 is 14.9 Å². The van der Waals surface area contributed by atoms with E-state index >= 15 is 0 Å². The molecule has 1 aromatic rings. The minimum absolute atomic E-state index is 0.0526. The van der Waals surface area contributed by atoms with Crippen LogP contribution >= 0.6 is 0 Å². The molecule has 1 rings (SSSR count). The summed E-state index contributed by atoms with van der Waals surface area (Å²) in [4.78, 5) is 24.6. The molecule has 0 amide bonds. The molecule has 0 heterocycles. The minimum atomic E-state index is -0.703. The third-order valence-corrected chi connectivity index (χ3v) is 4.13. The summed E-state index contributed by atoms with van der Waals surface area (Å²) in [6.45, 7) is 1.90. The van der Waals surface area contributed by atoms with Crippen molar-refractivity contribution in [2.45, 2.75) is 51.9 Å². The fourth-order valence-corrected chi connectivity index (χ4v) is 2.67. The minimum Gasteiger partial charge on any atom is -0.504 e. The average Bonchev–Trinajstić information content (AvgIpc) is 2.58. The van der Waals surface area contributed by atoms with Crippen molar-refractivity contribution in [1.29, 1.82) is 0 Å². The van der Waals surface area contributed by atoms with Crippen LogP contribution in [-0.2, 0) is 16.0 Å². The molecule has 1 unspecified atom stereocenters. The van der Waals surface area contributed by atoms with Gasteiger partial charge in [-0.3, -0.25) is 9.59 Å². The highest BCUT2D eigenvalue weighted by atomic mass is 16.5. The highest BCUT2D eigenvalue weighted by Crippen LogP contribution is 2.27. The molecular formula is C19H28O5. The van der Waals surface area contributed by atoms with Gasteiger partial charge in [0.2, 0.25) is 0 Å². The van der Waals surface area contributed by atoms with Crippen molar-refractivity contribution < 1.29 is 24.5 Å². The van der Waals surface area contributed by atoms with Gasteiger partial charge in [0.05, 0.1) is 13.0 Å². The Morgan fingerprint density at radius 1 is 1.17 bits per heavy atom. The number of phenolic OH excluding ortho intramolecular Hbond substituents is 1. The normalized spacial score (nSPS) is 12.0. The van der Waals surface area contributed by atoms with E-state index in [4.69, 9.17) is 9.84 Å². The molecular weight excluding hydrogens is 308 g/mol. The maximum atomic E-state index is 12.4. The van der Waals surface area contributed by atoms with Gasteiger partial charge in [-0.15, -0.1) is 0 Å². The van der Waals surface area contributed by atoms with Gasteiger partial charge in [0, 0.05) is 19.4 Å². The molecule has 1 aromatic carbocycles. The SMILES string of the molecule is CCCCCC(=O)C(CCO)C(=O)CCc1ccc(O)c(OC)c1. The van der Waals surface area contributed by atoms with Crippen LogP contribution < -0.4 is 4.74 Å². The highest BCUT2D eigenvalue weighted by Gasteiger charge is 2.24. The molecule has 0 bridgehead atoms. The maximum Gasteiger partial charge on any atom is 0.160 e. The van der Waals surface area contributed by atoms with Gasteiger partial charge in [-0.2, -0.15) is 0 Å². The molecule has 0 radical (unpaired) electrons. The predicted molar refractivity (Wildman–Crippen MR) is 92.3 cm³/mol. The van der Waals surface area contributed by atoms with Gasteiger partial charge in [0.25, 0.3) is 0 Å². The molecule has 0 spiro atoms. The number of unbranched alkanes of at least 4 members (excludes halogenated alkanes) is 2. The Morgan fingerprint density at radius 3 is 2.50 bits per heavy atom. The number of hydrogen-bond donors (Lipinski definition) is 2. The van der Waals surface area contributed by atoms with Crippen molar-refractivity contribution >= 4 is 11.6 Å². The number of ketones is 2. The number of carbonyl (C=O) groups is 2. The number of carbonyl (C=O) groups excluding carboxylic acids is 2. The number of methoxy groups -OCH3 is 1. The lowest BCUT2D eigenvalue weighted by molar-refractivity contribution is -0.133. The molecule has 2 N–H and O–H groups in total. The van der Waals surface area contributed by atoms with E-state index in [0.717, 1.165) is 24.8 Å². The van der Waals surface area contributed by atoms with Crippen LogP contribution in [0.2, 0.25) is 0 Å². The number of hydrogen-bond acceptors (Lipinski definition) is 5. The zero-order chi connectivity index (χ0) is 17.9. The molecule has 5 heteroatoms. The second kappa shape index (κ2) is 10.8. The number of benzene rings is 1. The van der Waals surface area contributed by atoms with Crippen molar-refractivity contribution in [3.8, 4) is 11.5 Å². The Balaban J connectivity index is 2.63. The van der Waals surface area contributed by atoms with Crippen LogP contribution in [0.1, 0.15) is 51.0 Å². The van der Waals surface area contributed by atoms with Crippen LogP contribution in [0.25, 0.3) is 0 Å². The van der Waals surface area contributed by atoms with Crippen molar-refractivity contribution in [1.82, 2.24) is 0 Å². The summed E-state index contributed by atoms with van der Waals surface area (Å²) >= 11 is 0. The molecule has 0 saturated heterocycles. The maximum absolute atomic E-state index is 12.4. The van der Waals surface area contributed by atoms with Gasteiger partial charge in [0.15, 0.2) is 11.5 Å². The molecule has 134 valence electrons. The number of aryl methyl sites for hydroxylation is 1. The number of phenols is 1. The summed E-state index contributed by atoms with van der Waals surface area (Å²) in [5.74, 6) is -0.478. The predicted octanol–water partition coefficient (Wildman–Crippen LogP) is 3.05. The van der Waals surface area contributed by atoms with E-state index in [9.17, 15) is 14.7 Å². The van der Waals surface area contributed by atoms with Crippen LogP contribution in [0, 0.1) is 5.92 Å². The number of rotatable bonds is 12. The number of aromatic hydroxyl groups is 1. The Hall–Kier alpha value is -1.88. The monoisotopic (exact) mass is 336 g/mol. The average molecular weight is 336 g/mol. The lowest BCUT2D eigenvalue weighted by atomic mass is 9.89. The van der Waals surface area contributed by atoms with E-state index in [-0.39, 0.29) is 36.8 Å². The van der Waals surface area contributed by atoms with Crippen molar-refractivity contribution in [3.05, 3.63) is 23.8 Å². The first-order valence-electron chi connectivity index (χ1n) is 8.55. The van der Waals surface area contributed by atoms with Gasteiger partial charge >= 0.3 is 0 Å². The standard InChI is InChI=1S/C19H28O5/c1-3-4-5-6-16(21)15(11-12-20)17(22)9-7-14-8-10-18(23)19(13-14)24-2/h8,10,13,15,20,23H,3-7,9,11-12H2,1-2H3. The third kappa shape index (κ3) is 6.32. The molecule has 5 nitrogen and oxygen atoms in total. The van der Waals surface area contributed by atoms with Gasteiger partial charge in [-0.25, -0.2) is 0 Å². The number of aliphatic hydroxyl groups is 1. The Kier molecular flexibility index (Phi) is 9.08. The van der Waals surface area contributed by atoms with E-state index in [1.54, 1.807) is 12.1 Å². The molecule has 0 saturated carbocycles. The number of aliphatic hydroxyl groups excluding tert-OH is 1. The van der Waals surface area contributed by atoms with E-state index < -0.39 is 5.92 Å². The summed E-state index contributed by atoms with van der Waals surface area (Å²) in [7, 11) is 1.47. The second-order valence-corrected chi connectivity index (χ2v) is 5.96. The topological polar surface area (TPSA) is 83.8 Å². The van der Waals surface area contributed by atoms with Crippen LogP contribution in [-0.4, -0.2) is 35.5 Å². The van der Waals surface area contributed by atoms with E-state index in [0.29, 0.717) is 18.6 Å². The smallest absolute Gasteiger partial charge is 0.160 e. The Labute approximate surface area is 143 Å². The van der Waals surface area contributed by atoms with Crippen molar-refractivity contribution in [2.24, 2.45) is 5.92 Å².